The molecule has 1 aliphatic rings. The van der Waals surface area contributed by atoms with E-state index in [1.165, 1.54) is 17.4 Å². The molecular weight excluding hydrogens is 366 g/mol. The van der Waals surface area contributed by atoms with E-state index in [9.17, 15) is 13.2 Å². The fourth-order valence-corrected chi connectivity index (χ4v) is 5.79. The zero-order valence-electron chi connectivity index (χ0n) is 13.0. The summed E-state index contributed by atoms with van der Waals surface area (Å²) < 4.78 is 27.7. The SMILES string of the molecule is NC1CCCN(C(=O)c2sccc2S(=O)(=O)NCc2cccs2)C1. The predicted octanol–water partition coefficient (Wildman–Crippen LogP) is 1.85. The molecule has 0 bridgehead atoms. The van der Waals surface area contributed by atoms with Gasteiger partial charge in [-0.1, -0.05) is 6.07 Å². The summed E-state index contributed by atoms with van der Waals surface area (Å²) in [6.07, 6.45) is 1.73. The van der Waals surface area contributed by atoms with Crippen LogP contribution in [0, 0.1) is 0 Å². The van der Waals surface area contributed by atoms with Crippen molar-refractivity contribution in [3.05, 3.63) is 38.7 Å². The number of amides is 1. The first kappa shape index (κ1) is 17.6. The molecular formula is C15H19N3O3S3. The first-order valence-electron chi connectivity index (χ1n) is 7.62. The van der Waals surface area contributed by atoms with E-state index >= 15 is 0 Å². The minimum atomic E-state index is -3.73. The molecule has 6 nitrogen and oxygen atoms in total. The third kappa shape index (κ3) is 3.86. The molecule has 1 saturated heterocycles. The van der Waals surface area contributed by atoms with Crippen molar-refractivity contribution in [2.75, 3.05) is 13.1 Å². The largest absolute Gasteiger partial charge is 0.336 e. The number of piperidine rings is 1. The van der Waals surface area contributed by atoms with Crippen molar-refractivity contribution in [2.24, 2.45) is 5.73 Å². The maximum Gasteiger partial charge on any atom is 0.265 e. The molecule has 24 heavy (non-hydrogen) atoms. The van der Waals surface area contributed by atoms with Crippen LogP contribution in [0.1, 0.15) is 27.4 Å². The van der Waals surface area contributed by atoms with E-state index in [1.807, 2.05) is 17.5 Å². The Hall–Kier alpha value is -1.26. The van der Waals surface area contributed by atoms with Gasteiger partial charge in [0.25, 0.3) is 5.91 Å². The number of nitrogens with two attached hydrogens (primary N) is 1. The van der Waals surface area contributed by atoms with Gasteiger partial charge in [0.15, 0.2) is 0 Å². The monoisotopic (exact) mass is 385 g/mol. The van der Waals surface area contributed by atoms with Gasteiger partial charge in [-0.15, -0.1) is 22.7 Å². The molecule has 2 aromatic rings. The maximum atomic E-state index is 12.7. The number of nitrogens with zero attached hydrogens (tertiary/aromatic N) is 1. The molecule has 0 saturated carbocycles. The standard InChI is InChI=1S/C15H19N3O3S3/c16-11-3-1-6-18(10-11)15(19)14-13(5-8-23-14)24(20,21)17-9-12-4-2-7-22-12/h2,4-5,7-8,11,17H,1,3,6,9-10,16H2. The number of hydrogen-bond acceptors (Lipinski definition) is 6. The summed E-state index contributed by atoms with van der Waals surface area (Å²) in [5, 5.41) is 3.53. The van der Waals surface area contributed by atoms with Crippen LogP contribution in [0.4, 0.5) is 0 Å². The molecule has 1 fully saturated rings. The maximum absolute atomic E-state index is 12.7. The number of carbonyl (C=O) groups excluding carboxylic acids is 1. The molecule has 1 atom stereocenters. The van der Waals surface area contributed by atoms with Crippen molar-refractivity contribution in [2.45, 2.75) is 30.3 Å². The average molecular weight is 386 g/mol. The first-order valence-corrected chi connectivity index (χ1v) is 10.9. The van der Waals surface area contributed by atoms with Gasteiger partial charge in [-0.25, -0.2) is 13.1 Å². The van der Waals surface area contributed by atoms with Crippen LogP contribution in [0.2, 0.25) is 0 Å². The van der Waals surface area contributed by atoms with Gasteiger partial charge in [-0.3, -0.25) is 4.79 Å². The van der Waals surface area contributed by atoms with E-state index in [0.29, 0.717) is 13.1 Å². The van der Waals surface area contributed by atoms with Crippen LogP contribution in [-0.2, 0) is 16.6 Å². The second kappa shape index (κ2) is 7.32. The van der Waals surface area contributed by atoms with Crippen molar-refractivity contribution in [3.8, 4) is 0 Å². The normalized spacial score (nSPS) is 18.7. The van der Waals surface area contributed by atoms with E-state index < -0.39 is 10.0 Å². The zero-order chi connectivity index (χ0) is 17.2. The molecule has 3 heterocycles. The van der Waals surface area contributed by atoms with Crippen molar-refractivity contribution >= 4 is 38.6 Å². The summed E-state index contributed by atoms with van der Waals surface area (Å²) in [4.78, 5) is 15.6. The van der Waals surface area contributed by atoms with Gasteiger partial charge in [-0.2, -0.15) is 0 Å². The second-order valence-corrected chi connectivity index (χ2v) is 9.36. The van der Waals surface area contributed by atoms with Gasteiger partial charge in [0, 0.05) is 30.6 Å². The summed E-state index contributed by atoms with van der Waals surface area (Å²) in [6, 6.07) is 5.17. The average Bonchev–Trinajstić information content (AvgIpc) is 3.24. The highest BCUT2D eigenvalue weighted by molar-refractivity contribution is 7.89. The Morgan fingerprint density at radius 1 is 1.33 bits per heavy atom. The second-order valence-electron chi connectivity index (χ2n) is 5.67. The Balaban J connectivity index is 1.77. The summed E-state index contributed by atoms with van der Waals surface area (Å²) in [7, 11) is -3.73. The predicted molar refractivity (Wildman–Crippen MR) is 95.8 cm³/mol. The Morgan fingerprint density at radius 2 is 2.17 bits per heavy atom. The van der Waals surface area contributed by atoms with Gasteiger partial charge in [0.1, 0.15) is 9.77 Å². The van der Waals surface area contributed by atoms with Gasteiger partial charge in [-0.05, 0) is 35.7 Å². The van der Waals surface area contributed by atoms with Gasteiger partial charge >= 0.3 is 0 Å². The van der Waals surface area contributed by atoms with Gasteiger partial charge in [0.2, 0.25) is 10.0 Å². The summed E-state index contributed by atoms with van der Waals surface area (Å²) in [5.74, 6) is -0.253. The van der Waals surface area contributed by atoms with Crippen molar-refractivity contribution < 1.29 is 13.2 Å². The molecule has 1 aliphatic heterocycles. The molecule has 2 aromatic heterocycles. The van der Waals surface area contributed by atoms with Crippen LogP contribution >= 0.6 is 22.7 Å². The summed E-state index contributed by atoms with van der Waals surface area (Å²) in [5.41, 5.74) is 5.92. The van der Waals surface area contributed by atoms with E-state index in [1.54, 1.807) is 10.3 Å². The molecule has 3 rings (SSSR count). The minimum Gasteiger partial charge on any atom is -0.336 e. The van der Waals surface area contributed by atoms with E-state index in [0.717, 1.165) is 29.1 Å². The molecule has 0 radical (unpaired) electrons. The molecule has 0 aliphatic carbocycles. The Bertz CT molecular complexity index is 799. The number of carbonyl (C=O) groups is 1. The van der Waals surface area contributed by atoms with Crippen LogP contribution in [0.5, 0.6) is 0 Å². The summed E-state index contributed by atoms with van der Waals surface area (Å²) in [6.45, 7) is 1.31. The fraction of sp³-hybridized carbons (Fsp3) is 0.400. The lowest BCUT2D eigenvalue weighted by atomic mass is 10.1. The third-order valence-corrected chi connectivity index (χ3v) is 7.23. The smallest absolute Gasteiger partial charge is 0.265 e. The Labute approximate surface area is 149 Å². The quantitative estimate of drug-likeness (QED) is 0.821. The molecule has 3 N–H and O–H groups in total. The van der Waals surface area contributed by atoms with Crippen LogP contribution in [0.25, 0.3) is 0 Å². The van der Waals surface area contributed by atoms with E-state index in [4.69, 9.17) is 5.73 Å². The molecule has 1 unspecified atom stereocenters. The van der Waals surface area contributed by atoms with Crippen LogP contribution in [-0.4, -0.2) is 38.4 Å². The van der Waals surface area contributed by atoms with Crippen molar-refractivity contribution in [1.82, 2.24) is 9.62 Å². The Morgan fingerprint density at radius 3 is 2.88 bits per heavy atom. The van der Waals surface area contributed by atoms with E-state index in [-0.39, 0.29) is 28.3 Å². The number of likely N-dealkylation sites (tertiary alicyclic amines) is 1. The van der Waals surface area contributed by atoms with Crippen molar-refractivity contribution in [3.63, 3.8) is 0 Å². The fourth-order valence-electron chi connectivity index (χ4n) is 2.66. The molecule has 9 heteroatoms. The van der Waals surface area contributed by atoms with Gasteiger partial charge < -0.3 is 10.6 Å². The number of sulfonamides is 1. The number of nitrogens with one attached hydrogen (secondary N) is 1. The highest BCUT2D eigenvalue weighted by Gasteiger charge is 2.29. The third-order valence-electron chi connectivity index (χ3n) is 3.87. The number of thiophene rings is 2. The lowest BCUT2D eigenvalue weighted by Gasteiger charge is -2.30. The van der Waals surface area contributed by atoms with Gasteiger partial charge in [0.05, 0.1) is 0 Å². The topological polar surface area (TPSA) is 92.5 Å². The van der Waals surface area contributed by atoms with Crippen LogP contribution in [0.15, 0.2) is 33.9 Å². The summed E-state index contributed by atoms with van der Waals surface area (Å²) >= 11 is 2.64. The first-order chi connectivity index (χ1) is 11.5. The van der Waals surface area contributed by atoms with Crippen LogP contribution < -0.4 is 10.5 Å². The molecule has 0 spiro atoms. The highest BCUT2D eigenvalue weighted by Crippen LogP contribution is 2.25. The van der Waals surface area contributed by atoms with E-state index in [2.05, 4.69) is 4.72 Å². The zero-order valence-corrected chi connectivity index (χ0v) is 15.4. The number of hydrogen-bond donors (Lipinski definition) is 2. The molecule has 0 aromatic carbocycles. The lowest BCUT2D eigenvalue weighted by Crippen LogP contribution is -2.45. The van der Waals surface area contributed by atoms with Crippen LogP contribution in [0.3, 0.4) is 0 Å². The minimum absolute atomic E-state index is 0.0420. The molecule has 130 valence electrons. The number of rotatable bonds is 5. The Kier molecular flexibility index (Phi) is 5.36. The molecule has 1 amide bonds. The lowest BCUT2D eigenvalue weighted by molar-refractivity contribution is 0.0710. The van der Waals surface area contributed by atoms with Crippen molar-refractivity contribution in [1.29, 1.82) is 0 Å². The highest BCUT2D eigenvalue weighted by atomic mass is 32.2.